The van der Waals surface area contributed by atoms with Crippen LogP contribution in [0.3, 0.4) is 0 Å². The fourth-order valence-electron chi connectivity index (χ4n) is 3.16. The number of halogens is 4. The van der Waals surface area contributed by atoms with Crippen molar-refractivity contribution in [2.75, 3.05) is 10.6 Å². The second-order valence-corrected chi connectivity index (χ2v) is 9.61. The molecule has 0 heterocycles. The zero-order chi connectivity index (χ0) is 24.2. The summed E-state index contributed by atoms with van der Waals surface area (Å²) in [5, 5.41) is 5.28. The Bertz CT molecular complexity index is 1260. The summed E-state index contributed by atoms with van der Waals surface area (Å²) in [6.07, 6.45) is -4.09. The maximum absolute atomic E-state index is 13.1. The molecule has 0 atom stereocenters. The molecule has 10 heteroatoms. The van der Waals surface area contributed by atoms with E-state index in [9.17, 15) is 26.4 Å². The number of rotatable bonds is 6. The van der Waals surface area contributed by atoms with Crippen LogP contribution in [0.1, 0.15) is 23.6 Å². The molecule has 3 aromatic carbocycles. The molecule has 0 saturated carbocycles. The van der Waals surface area contributed by atoms with Gasteiger partial charge in [-0.1, -0.05) is 42.8 Å². The zero-order valence-corrected chi connectivity index (χ0v) is 19.0. The van der Waals surface area contributed by atoms with Crippen LogP contribution < -0.4 is 10.6 Å². The molecule has 174 valence electrons. The van der Waals surface area contributed by atoms with E-state index in [4.69, 9.17) is 11.6 Å². The molecule has 33 heavy (non-hydrogen) atoms. The number of alkyl halides is 3. The second-order valence-electron chi connectivity index (χ2n) is 7.22. The number of anilines is 2. The zero-order valence-electron chi connectivity index (χ0n) is 17.4. The molecule has 0 unspecified atom stereocenters. The first-order valence-corrected chi connectivity index (χ1v) is 11.9. The lowest BCUT2D eigenvalue weighted by atomic mass is 10.1. The number of urea groups is 1. The molecule has 0 saturated heterocycles. The first kappa shape index (κ1) is 24.6. The number of carbonyl (C=O) groups is 1. The van der Waals surface area contributed by atoms with Crippen LogP contribution in [0, 0.1) is 0 Å². The smallest absolute Gasteiger partial charge is 0.308 e. The Morgan fingerprint density at radius 2 is 1.58 bits per heavy atom. The van der Waals surface area contributed by atoms with Crippen LogP contribution in [0.2, 0.25) is 5.02 Å². The van der Waals surface area contributed by atoms with Crippen molar-refractivity contribution in [3.63, 3.8) is 0 Å². The Hall–Kier alpha value is -3.04. The summed E-state index contributed by atoms with van der Waals surface area (Å²) in [6.45, 7) is 1.81. The molecule has 0 aliphatic heterocycles. The first-order valence-electron chi connectivity index (χ1n) is 9.83. The van der Waals surface area contributed by atoms with Crippen molar-refractivity contribution in [1.29, 1.82) is 0 Å². The van der Waals surface area contributed by atoms with Gasteiger partial charge in [0.1, 0.15) is 0 Å². The number of carbonyl (C=O) groups excluding carboxylic acids is 1. The van der Waals surface area contributed by atoms with Crippen LogP contribution in [-0.2, 0) is 28.2 Å². The van der Waals surface area contributed by atoms with Gasteiger partial charge in [0, 0.05) is 16.4 Å². The number of sulfone groups is 1. The number of aryl methyl sites for hydroxylation is 1. The average molecular weight is 497 g/mol. The van der Waals surface area contributed by atoms with Crippen molar-refractivity contribution < 1.29 is 26.4 Å². The van der Waals surface area contributed by atoms with Crippen molar-refractivity contribution in [2.24, 2.45) is 0 Å². The highest BCUT2D eigenvalue weighted by molar-refractivity contribution is 7.90. The maximum Gasteiger partial charge on any atom is 0.416 e. The summed E-state index contributed by atoms with van der Waals surface area (Å²) in [7, 11) is -3.75. The average Bonchev–Trinajstić information content (AvgIpc) is 2.74. The van der Waals surface area contributed by atoms with E-state index in [1.54, 1.807) is 30.3 Å². The van der Waals surface area contributed by atoms with Gasteiger partial charge in [0.2, 0.25) is 0 Å². The van der Waals surface area contributed by atoms with E-state index in [0.29, 0.717) is 22.6 Å². The van der Waals surface area contributed by atoms with E-state index in [-0.39, 0.29) is 22.0 Å². The molecule has 0 aromatic heterocycles. The number of hydrogen-bond acceptors (Lipinski definition) is 3. The molecule has 0 radical (unpaired) electrons. The Labute approximate surface area is 194 Å². The van der Waals surface area contributed by atoms with E-state index < -0.39 is 27.6 Å². The van der Waals surface area contributed by atoms with Crippen molar-refractivity contribution >= 4 is 38.8 Å². The minimum Gasteiger partial charge on any atom is -0.308 e. The molecule has 2 N–H and O–H groups in total. The number of benzene rings is 3. The Balaban J connectivity index is 1.80. The van der Waals surface area contributed by atoms with Crippen molar-refractivity contribution in [3.8, 4) is 0 Å². The highest BCUT2D eigenvalue weighted by Crippen LogP contribution is 2.31. The monoisotopic (exact) mass is 496 g/mol. The molecule has 2 amide bonds. The summed E-state index contributed by atoms with van der Waals surface area (Å²) >= 11 is 5.85. The van der Waals surface area contributed by atoms with Crippen LogP contribution in [-0.4, -0.2) is 14.4 Å². The predicted octanol–water partition coefficient (Wildman–Crippen LogP) is 6.54. The molecule has 0 bridgehead atoms. The largest absolute Gasteiger partial charge is 0.416 e. The Morgan fingerprint density at radius 1 is 0.939 bits per heavy atom. The lowest BCUT2D eigenvalue weighted by Crippen LogP contribution is -2.20. The lowest BCUT2D eigenvalue weighted by molar-refractivity contribution is -0.137. The predicted molar refractivity (Wildman–Crippen MR) is 122 cm³/mol. The summed E-state index contributed by atoms with van der Waals surface area (Å²) < 4.78 is 64.7. The van der Waals surface area contributed by atoms with Gasteiger partial charge in [-0.05, 0) is 60.0 Å². The summed E-state index contributed by atoms with van der Waals surface area (Å²) in [4.78, 5) is 12.4. The third-order valence-corrected chi connectivity index (χ3v) is 6.77. The Kier molecular flexibility index (Phi) is 7.34. The summed E-state index contributed by atoms with van der Waals surface area (Å²) in [5.74, 6) is -0.253. The highest BCUT2D eigenvalue weighted by atomic mass is 35.5. The van der Waals surface area contributed by atoms with E-state index >= 15 is 0 Å². The molecule has 5 nitrogen and oxygen atoms in total. The number of amides is 2. The topological polar surface area (TPSA) is 75.3 Å². The standard InChI is InChI=1S/C23H20ClF3N2O3S/c1-2-16-8-11-20(13-21(16)33(31,32)14-15-6-9-18(24)10-7-15)29-22(30)28-19-5-3-4-17(12-19)23(25,26)27/h3-13H,2,14H2,1H3,(H2,28,29,30). The van der Waals surface area contributed by atoms with Crippen molar-refractivity contribution in [3.05, 3.63) is 88.4 Å². The van der Waals surface area contributed by atoms with Crippen LogP contribution >= 0.6 is 11.6 Å². The number of nitrogens with one attached hydrogen (secondary N) is 2. The third kappa shape index (κ3) is 6.49. The van der Waals surface area contributed by atoms with Crippen molar-refractivity contribution in [2.45, 2.75) is 30.2 Å². The quantitative estimate of drug-likeness (QED) is 0.407. The second kappa shape index (κ2) is 9.84. The SMILES string of the molecule is CCc1ccc(NC(=O)Nc2cccc(C(F)(F)F)c2)cc1S(=O)(=O)Cc1ccc(Cl)cc1. The highest BCUT2D eigenvalue weighted by Gasteiger charge is 2.30. The molecule has 0 fully saturated rings. The molecule has 0 aliphatic rings. The van der Waals surface area contributed by atoms with Crippen LogP contribution in [0.25, 0.3) is 0 Å². The first-order chi connectivity index (χ1) is 15.5. The van der Waals surface area contributed by atoms with Crippen LogP contribution in [0.4, 0.5) is 29.3 Å². The van der Waals surface area contributed by atoms with Crippen LogP contribution in [0.5, 0.6) is 0 Å². The summed E-state index contributed by atoms with van der Waals surface area (Å²) in [6, 6.07) is 14.3. The summed E-state index contributed by atoms with van der Waals surface area (Å²) in [5.41, 5.74) is 0.368. The van der Waals surface area contributed by atoms with Gasteiger partial charge in [0.25, 0.3) is 0 Å². The van der Waals surface area contributed by atoms with Gasteiger partial charge in [-0.3, -0.25) is 0 Å². The molecular formula is C23H20ClF3N2O3S. The maximum atomic E-state index is 13.1. The molecule has 3 rings (SSSR count). The Morgan fingerprint density at radius 3 is 2.18 bits per heavy atom. The molecule has 0 spiro atoms. The van der Waals surface area contributed by atoms with E-state index in [1.165, 1.54) is 24.3 Å². The van der Waals surface area contributed by atoms with Gasteiger partial charge in [0.05, 0.1) is 16.2 Å². The van der Waals surface area contributed by atoms with Gasteiger partial charge in [0.15, 0.2) is 9.84 Å². The van der Waals surface area contributed by atoms with Crippen LogP contribution in [0.15, 0.2) is 71.6 Å². The van der Waals surface area contributed by atoms with E-state index in [1.807, 2.05) is 6.92 Å². The van der Waals surface area contributed by atoms with E-state index in [0.717, 1.165) is 12.1 Å². The fraction of sp³-hybridized carbons (Fsp3) is 0.174. The van der Waals surface area contributed by atoms with Gasteiger partial charge < -0.3 is 10.6 Å². The van der Waals surface area contributed by atoms with E-state index in [2.05, 4.69) is 10.6 Å². The minimum atomic E-state index is -4.54. The molecule has 3 aromatic rings. The molecule has 0 aliphatic carbocycles. The lowest BCUT2D eigenvalue weighted by Gasteiger charge is -2.14. The van der Waals surface area contributed by atoms with Crippen molar-refractivity contribution in [1.82, 2.24) is 0 Å². The van der Waals surface area contributed by atoms with Gasteiger partial charge >= 0.3 is 12.2 Å². The van der Waals surface area contributed by atoms with Gasteiger partial charge in [-0.15, -0.1) is 0 Å². The normalized spacial score (nSPS) is 11.8. The van der Waals surface area contributed by atoms with Gasteiger partial charge in [-0.2, -0.15) is 13.2 Å². The third-order valence-electron chi connectivity index (χ3n) is 4.76. The minimum absolute atomic E-state index is 0.0527. The van der Waals surface area contributed by atoms with Gasteiger partial charge in [-0.25, -0.2) is 13.2 Å². The fourth-order valence-corrected chi connectivity index (χ4v) is 4.99. The molecular weight excluding hydrogens is 477 g/mol. The number of hydrogen-bond donors (Lipinski definition) is 2.